The Morgan fingerprint density at radius 1 is 1.33 bits per heavy atom. The fourth-order valence-corrected chi connectivity index (χ4v) is 1.88. The van der Waals surface area contributed by atoms with Gasteiger partial charge in [0.25, 0.3) is 0 Å². The molecule has 0 aliphatic carbocycles. The van der Waals surface area contributed by atoms with E-state index in [1.807, 2.05) is 18.2 Å². The van der Waals surface area contributed by atoms with E-state index in [1.54, 1.807) is 11.8 Å². The Hall–Kier alpha value is -0.730. The molecule has 1 aromatic carbocycles. The SMILES string of the molecule is C=C(SCCOC(C)C)c1ccccc1. The monoisotopic (exact) mass is 222 g/mol. The first kappa shape index (κ1) is 12.3. The van der Waals surface area contributed by atoms with Crippen LogP contribution in [0.25, 0.3) is 4.91 Å². The van der Waals surface area contributed by atoms with Crippen LogP contribution in [0.15, 0.2) is 36.9 Å². The molecule has 15 heavy (non-hydrogen) atoms. The predicted molar refractivity (Wildman–Crippen MR) is 69.0 cm³/mol. The molecule has 0 aliphatic rings. The predicted octanol–water partition coefficient (Wildman–Crippen LogP) is 3.82. The topological polar surface area (TPSA) is 9.23 Å². The van der Waals surface area contributed by atoms with Gasteiger partial charge in [0.1, 0.15) is 0 Å². The van der Waals surface area contributed by atoms with Crippen LogP contribution in [0.4, 0.5) is 0 Å². The first-order valence-corrected chi connectivity index (χ1v) is 6.17. The molecule has 0 N–H and O–H groups in total. The van der Waals surface area contributed by atoms with Gasteiger partial charge in [-0.3, -0.25) is 0 Å². The molecule has 0 aliphatic heterocycles. The van der Waals surface area contributed by atoms with E-state index in [0.717, 1.165) is 17.3 Å². The highest BCUT2D eigenvalue weighted by Crippen LogP contribution is 2.24. The average Bonchev–Trinajstić information content (AvgIpc) is 2.25. The van der Waals surface area contributed by atoms with Gasteiger partial charge < -0.3 is 4.74 Å². The maximum atomic E-state index is 5.47. The van der Waals surface area contributed by atoms with Crippen LogP contribution in [-0.4, -0.2) is 18.5 Å². The Morgan fingerprint density at radius 3 is 2.60 bits per heavy atom. The van der Waals surface area contributed by atoms with Gasteiger partial charge in [0.2, 0.25) is 0 Å². The highest BCUT2D eigenvalue weighted by Gasteiger charge is 1.99. The van der Waals surface area contributed by atoms with Crippen LogP contribution < -0.4 is 0 Å². The van der Waals surface area contributed by atoms with Crippen LogP contribution in [0.2, 0.25) is 0 Å². The average molecular weight is 222 g/mol. The lowest BCUT2D eigenvalue weighted by molar-refractivity contribution is 0.0921. The van der Waals surface area contributed by atoms with Crippen molar-refractivity contribution in [3.63, 3.8) is 0 Å². The smallest absolute Gasteiger partial charge is 0.0563 e. The normalized spacial score (nSPS) is 10.6. The van der Waals surface area contributed by atoms with E-state index in [2.05, 4.69) is 32.6 Å². The van der Waals surface area contributed by atoms with E-state index in [0.29, 0.717) is 6.10 Å². The summed E-state index contributed by atoms with van der Waals surface area (Å²) in [4.78, 5) is 1.11. The van der Waals surface area contributed by atoms with E-state index in [9.17, 15) is 0 Å². The van der Waals surface area contributed by atoms with Gasteiger partial charge in [0.15, 0.2) is 0 Å². The summed E-state index contributed by atoms with van der Waals surface area (Å²) >= 11 is 1.75. The Bertz CT molecular complexity index is 293. The summed E-state index contributed by atoms with van der Waals surface area (Å²) in [5.41, 5.74) is 1.20. The maximum Gasteiger partial charge on any atom is 0.0563 e. The molecule has 0 aromatic heterocycles. The van der Waals surface area contributed by atoms with E-state index in [4.69, 9.17) is 4.74 Å². The fourth-order valence-electron chi connectivity index (χ4n) is 1.16. The lowest BCUT2D eigenvalue weighted by atomic mass is 10.2. The van der Waals surface area contributed by atoms with Crippen molar-refractivity contribution in [3.05, 3.63) is 42.5 Å². The molecule has 0 saturated heterocycles. The highest BCUT2D eigenvalue weighted by molar-refractivity contribution is 8.08. The van der Waals surface area contributed by atoms with E-state index in [-0.39, 0.29) is 0 Å². The summed E-state index contributed by atoms with van der Waals surface area (Å²) in [6, 6.07) is 10.2. The minimum atomic E-state index is 0.315. The molecular formula is C13H18OS. The zero-order chi connectivity index (χ0) is 11.1. The van der Waals surface area contributed by atoms with Crippen molar-refractivity contribution in [1.29, 1.82) is 0 Å². The van der Waals surface area contributed by atoms with Crippen LogP contribution in [-0.2, 0) is 4.74 Å². The van der Waals surface area contributed by atoms with Gasteiger partial charge in [0.05, 0.1) is 12.7 Å². The lowest BCUT2D eigenvalue weighted by Gasteiger charge is -2.08. The zero-order valence-corrected chi connectivity index (χ0v) is 10.2. The summed E-state index contributed by atoms with van der Waals surface area (Å²) < 4.78 is 5.47. The fraction of sp³-hybridized carbons (Fsp3) is 0.385. The van der Waals surface area contributed by atoms with Gasteiger partial charge in [-0.05, 0) is 19.4 Å². The maximum absolute atomic E-state index is 5.47. The first-order chi connectivity index (χ1) is 7.20. The van der Waals surface area contributed by atoms with E-state index in [1.165, 1.54) is 5.56 Å². The standard InChI is InChI=1S/C13H18OS/c1-11(2)14-9-10-15-12(3)13-7-5-4-6-8-13/h4-8,11H,3,9-10H2,1-2H3. The summed E-state index contributed by atoms with van der Waals surface area (Å²) in [7, 11) is 0. The molecule has 0 saturated carbocycles. The van der Waals surface area contributed by atoms with Crippen LogP contribution in [0, 0.1) is 0 Å². The quantitative estimate of drug-likeness (QED) is 0.677. The number of rotatable bonds is 6. The van der Waals surface area contributed by atoms with Crippen LogP contribution in [0.5, 0.6) is 0 Å². The molecule has 0 unspecified atom stereocenters. The molecule has 82 valence electrons. The second-order valence-corrected chi connectivity index (χ2v) is 4.75. The van der Waals surface area contributed by atoms with Crippen molar-refractivity contribution in [2.75, 3.05) is 12.4 Å². The highest BCUT2D eigenvalue weighted by atomic mass is 32.2. The number of hydrogen-bond donors (Lipinski definition) is 0. The second kappa shape index (κ2) is 6.70. The zero-order valence-electron chi connectivity index (χ0n) is 9.40. The van der Waals surface area contributed by atoms with Crippen molar-refractivity contribution < 1.29 is 4.74 Å². The third-order valence-electron chi connectivity index (χ3n) is 1.91. The van der Waals surface area contributed by atoms with Gasteiger partial charge >= 0.3 is 0 Å². The molecule has 0 radical (unpaired) electrons. The largest absolute Gasteiger partial charge is 0.378 e. The Morgan fingerprint density at radius 2 is 2.00 bits per heavy atom. The Labute approximate surface area is 96.5 Å². The number of ether oxygens (including phenoxy) is 1. The second-order valence-electron chi connectivity index (χ2n) is 3.56. The van der Waals surface area contributed by atoms with E-state index >= 15 is 0 Å². The van der Waals surface area contributed by atoms with Crippen molar-refractivity contribution in [3.8, 4) is 0 Å². The Balaban J connectivity index is 2.25. The van der Waals surface area contributed by atoms with Crippen LogP contribution in [0.1, 0.15) is 19.4 Å². The minimum Gasteiger partial charge on any atom is -0.378 e. The molecule has 0 heterocycles. The molecule has 1 rings (SSSR count). The van der Waals surface area contributed by atoms with Crippen molar-refractivity contribution in [2.24, 2.45) is 0 Å². The summed E-state index contributed by atoms with van der Waals surface area (Å²) in [5, 5.41) is 0. The van der Waals surface area contributed by atoms with Crippen molar-refractivity contribution in [1.82, 2.24) is 0 Å². The molecule has 0 bridgehead atoms. The van der Waals surface area contributed by atoms with Crippen LogP contribution >= 0.6 is 11.8 Å². The minimum absolute atomic E-state index is 0.315. The van der Waals surface area contributed by atoms with Crippen LogP contribution in [0.3, 0.4) is 0 Å². The molecule has 0 spiro atoms. The number of benzene rings is 1. The Kier molecular flexibility index (Phi) is 5.51. The number of hydrogen-bond acceptors (Lipinski definition) is 2. The summed E-state index contributed by atoms with van der Waals surface area (Å²) in [5.74, 6) is 0.964. The third kappa shape index (κ3) is 5.05. The van der Waals surface area contributed by atoms with Crippen molar-refractivity contribution >= 4 is 16.7 Å². The molecular weight excluding hydrogens is 204 g/mol. The molecule has 1 aromatic rings. The first-order valence-electron chi connectivity index (χ1n) is 5.19. The summed E-state index contributed by atoms with van der Waals surface area (Å²) in [6.45, 7) is 8.94. The van der Waals surface area contributed by atoms with Crippen molar-refractivity contribution in [2.45, 2.75) is 20.0 Å². The third-order valence-corrected chi connectivity index (χ3v) is 2.86. The molecule has 2 heteroatoms. The molecule has 0 fully saturated rings. The molecule has 0 atom stereocenters. The lowest BCUT2D eigenvalue weighted by Crippen LogP contribution is -2.05. The van der Waals surface area contributed by atoms with Gasteiger partial charge in [-0.15, -0.1) is 11.8 Å². The summed E-state index contributed by atoms with van der Waals surface area (Å²) in [6.07, 6.45) is 0.315. The van der Waals surface area contributed by atoms with E-state index < -0.39 is 0 Å². The number of thioether (sulfide) groups is 1. The van der Waals surface area contributed by atoms with Gasteiger partial charge in [0, 0.05) is 10.7 Å². The molecule has 1 nitrogen and oxygen atoms in total. The van der Waals surface area contributed by atoms with Gasteiger partial charge in [-0.25, -0.2) is 0 Å². The van der Waals surface area contributed by atoms with Gasteiger partial charge in [-0.2, -0.15) is 0 Å². The van der Waals surface area contributed by atoms with Gasteiger partial charge in [-0.1, -0.05) is 36.9 Å². The molecule has 0 amide bonds.